The number of carboxylic acids is 1. The third-order valence-corrected chi connectivity index (χ3v) is 2.75. The van der Waals surface area contributed by atoms with E-state index >= 15 is 0 Å². The van der Waals surface area contributed by atoms with Crippen LogP contribution in [0.15, 0.2) is 30.3 Å². The van der Waals surface area contributed by atoms with Crippen LogP contribution < -0.4 is 0 Å². The van der Waals surface area contributed by atoms with Crippen LogP contribution in [0.3, 0.4) is 0 Å². The van der Waals surface area contributed by atoms with Crippen LogP contribution in [0.4, 0.5) is 0 Å². The molecule has 0 amide bonds. The number of rotatable bonds is 6. The molecule has 1 rings (SSSR count). The standard InChI is InChI=1S/C14H18O4/c1-10(2)12(14(16)17)8-13(15)18-9-11-6-4-3-5-7-11/h3-7,10,12H,8-9H2,1-2H3,(H,16,17)/t12-/m1/s1. The van der Waals surface area contributed by atoms with Gasteiger partial charge in [0, 0.05) is 0 Å². The molecule has 1 atom stereocenters. The highest BCUT2D eigenvalue weighted by Gasteiger charge is 2.25. The molecule has 0 aromatic heterocycles. The first kappa shape index (κ1) is 14.2. The van der Waals surface area contributed by atoms with E-state index in [1.165, 1.54) is 0 Å². The molecule has 18 heavy (non-hydrogen) atoms. The van der Waals surface area contributed by atoms with E-state index in [-0.39, 0.29) is 18.9 Å². The first-order valence-corrected chi connectivity index (χ1v) is 5.93. The SMILES string of the molecule is CC(C)[C@@H](CC(=O)OCc1ccccc1)C(=O)O. The van der Waals surface area contributed by atoms with E-state index in [1.54, 1.807) is 13.8 Å². The molecule has 0 aliphatic heterocycles. The van der Waals surface area contributed by atoms with Crippen LogP contribution in [-0.2, 0) is 20.9 Å². The van der Waals surface area contributed by atoms with E-state index in [1.807, 2.05) is 30.3 Å². The van der Waals surface area contributed by atoms with Crippen LogP contribution in [0.25, 0.3) is 0 Å². The minimum absolute atomic E-state index is 0.0835. The van der Waals surface area contributed by atoms with Crippen molar-refractivity contribution >= 4 is 11.9 Å². The van der Waals surface area contributed by atoms with Crippen molar-refractivity contribution in [2.45, 2.75) is 26.9 Å². The van der Waals surface area contributed by atoms with Crippen LogP contribution >= 0.6 is 0 Å². The zero-order valence-electron chi connectivity index (χ0n) is 10.6. The van der Waals surface area contributed by atoms with Crippen molar-refractivity contribution in [3.8, 4) is 0 Å². The summed E-state index contributed by atoms with van der Waals surface area (Å²) >= 11 is 0. The molecule has 0 fully saturated rings. The van der Waals surface area contributed by atoms with Crippen LogP contribution in [0.1, 0.15) is 25.8 Å². The number of esters is 1. The molecule has 1 N–H and O–H groups in total. The third kappa shape index (κ3) is 4.57. The minimum Gasteiger partial charge on any atom is -0.481 e. The number of benzene rings is 1. The highest BCUT2D eigenvalue weighted by atomic mass is 16.5. The van der Waals surface area contributed by atoms with Crippen molar-refractivity contribution < 1.29 is 19.4 Å². The first-order chi connectivity index (χ1) is 8.50. The Hall–Kier alpha value is -1.84. The lowest BCUT2D eigenvalue weighted by atomic mass is 9.93. The Kier molecular flexibility index (Phi) is 5.36. The number of carboxylic acid groups (broad SMARTS) is 1. The molecule has 4 heteroatoms. The highest BCUT2D eigenvalue weighted by molar-refractivity contribution is 5.78. The fourth-order valence-corrected chi connectivity index (χ4v) is 1.58. The predicted octanol–water partition coefficient (Wildman–Crippen LogP) is 2.48. The van der Waals surface area contributed by atoms with Crippen molar-refractivity contribution in [2.75, 3.05) is 0 Å². The van der Waals surface area contributed by atoms with Crippen molar-refractivity contribution in [1.82, 2.24) is 0 Å². The van der Waals surface area contributed by atoms with Gasteiger partial charge in [0.25, 0.3) is 0 Å². The average molecular weight is 250 g/mol. The minimum atomic E-state index is -0.957. The molecule has 0 saturated carbocycles. The molecule has 0 spiro atoms. The summed E-state index contributed by atoms with van der Waals surface area (Å²) in [6.07, 6.45) is -0.0835. The molecule has 1 aromatic carbocycles. The van der Waals surface area contributed by atoms with Gasteiger partial charge in [0.15, 0.2) is 0 Å². The Bertz CT molecular complexity index is 398. The van der Waals surface area contributed by atoms with Crippen LogP contribution in [0, 0.1) is 11.8 Å². The molecule has 0 aliphatic rings. The van der Waals surface area contributed by atoms with Gasteiger partial charge in [-0.2, -0.15) is 0 Å². The van der Waals surface area contributed by atoms with E-state index < -0.39 is 17.9 Å². The number of aliphatic carboxylic acids is 1. The van der Waals surface area contributed by atoms with Crippen LogP contribution in [0.2, 0.25) is 0 Å². The summed E-state index contributed by atoms with van der Waals surface area (Å²) in [6.45, 7) is 3.75. The van der Waals surface area contributed by atoms with Crippen molar-refractivity contribution in [3.05, 3.63) is 35.9 Å². The van der Waals surface area contributed by atoms with Gasteiger partial charge in [-0.15, -0.1) is 0 Å². The maximum atomic E-state index is 11.6. The normalized spacial score (nSPS) is 12.2. The molecule has 0 saturated heterocycles. The average Bonchev–Trinajstić information content (AvgIpc) is 2.34. The molecule has 0 radical (unpaired) electrons. The Morgan fingerprint density at radius 2 is 1.83 bits per heavy atom. The summed E-state index contributed by atoms with van der Waals surface area (Å²) in [5.41, 5.74) is 0.891. The van der Waals surface area contributed by atoms with Crippen LogP contribution in [0.5, 0.6) is 0 Å². The molecular weight excluding hydrogens is 232 g/mol. The second-order valence-corrected chi connectivity index (χ2v) is 4.54. The monoisotopic (exact) mass is 250 g/mol. The molecule has 0 aliphatic carbocycles. The molecule has 0 unspecified atom stereocenters. The van der Waals surface area contributed by atoms with Gasteiger partial charge in [-0.3, -0.25) is 9.59 Å². The van der Waals surface area contributed by atoms with E-state index in [0.29, 0.717) is 0 Å². The maximum Gasteiger partial charge on any atom is 0.307 e. The van der Waals surface area contributed by atoms with Crippen molar-refractivity contribution in [3.63, 3.8) is 0 Å². The smallest absolute Gasteiger partial charge is 0.307 e. The Morgan fingerprint density at radius 1 is 1.22 bits per heavy atom. The van der Waals surface area contributed by atoms with Gasteiger partial charge in [-0.25, -0.2) is 0 Å². The number of carbonyl (C=O) groups excluding carboxylic acids is 1. The number of hydrogen-bond acceptors (Lipinski definition) is 3. The summed E-state index contributed by atoms with van der Waals surface area (Å²) in [5, 5.41) is 8.97. The lowest BCUT2D eigenvalue weighted by molar-refractivity contribution is -0.153. The molecule has 1 aromatic rings. The quantitative estimate of drug-likeness (QED) is 0.788. The van der Waals surface area contributed by atoms with Crippen LogP contribution in [-0.4, -0.2) is 17.0 Å². The number of hydrogen-bond donors (Lipinski definition) is 1. The zero-order valence-corrected chi connectivity index (χ0v) is 10.6. The van der Waals surface area contributed by atoms with Gasteiger partial charge < -0.3 is 9.84 Å². The third-order valence-electron chi connectivity index (χ3n) is 2.75. The Labute approximate surface area is 107 Å². The summed E-state index contributed by atoms with van der Waals surface area (Å²) in [4.78, 5) is 22.5. The second kappa shape index (κ2) is 6.79. The molecule has 98 valence electrons. The van der Waals surface area contributed by atoms with Crippen molar-refractivity contribution in [1.29, 1.82) is 0 Å². The van der Waals surface area contributed by atoms with E-state index in [4.69, 9.17) is 9.84 Å². The fraction of sp³-hybridized carbons (Fsp3) is 0.429. The van der Waals surface area contributed by atoms with Gasteiger partial charge in [-0.1, -0.05) is 44.2 Å². The van der Waals surface area contributed by atoms with Gasteiger partial charge in [0.05, 0.1) is 12.3 Å². The molecule has 4 nitrogen and oxygen atoms in total. The van der Waals surface area contributed by atoms with Gasteiger partial charge in [0.1, 0.15) is 6.61 Å². The zero-order chi connectivity index (χ0) is 13.5. The summed E-state index contributed by atoms with van der Waals surface area (Å²) < 4.78 is 5.06. The topological polar surface area (TPSA) is 63.6 Å². The number of carbonyl (C=O) groups is 2. The summed E-state index contributed by atoms with van der Waals surface area (Å²) in [5.74, 6) is -2.21. The second-order valence-electron chi connectivity index (χ2n) is 4.54. The lowest BCUT2D eigenvalue weighted by Gasteiger charge is -2.15. The summed E-state index contributed by atoms with van der Waals surface area (Å²) in [7, 11) is 0. The van der Waals surface area contributed by atoms with Gasteiger partial charge in [-0.05, 0) is 11.5 Å². The highest BCUT2D eigenvalue weighted by Crippen LogP contribution is 2.16. The lowest BCUT2D eigenvalue weighted by Crippen LogP contribution is -2.24. The van der Waals surface area contributed by atoms with E-state index in [9.17, 15) is 9.59 Å². The van der Waals surface area contributed by atoms with Crippen molar-refractivity contribution in [2.24, 2.45) is 11.8 Å². The Morgan fingerprint density at radius 3 is 2.33 bits per heavy atom. The summed E-state index contributed by atoms with van der Waals surface area (Å²) in [6, 6.07) is 9.30. The van der Waals surface area contributed by atoms with Gasteiger partial charge >= 0.3 is 11.9 Å². The first-order valence-electron chi connectivity index (χ1n) is 5.93. The fourth-order valence-electron chi connectivity index (χ4n) is 1.58. The number of ether oxygens (including phenoxy) is 1. The largest absolute Gasteiger partial charge is 0.481 e. The maximum absolute atomic E-state index is 11.6. The predicted molar refractivity (Wildman–Crippen MR) is 66.8 cm³/mol. The Balaban J connectivity index is 2.44. The van der Waals surface area contributed by atoms with E-state index in [0.717, 1.165) is 5.56 Å². The molecule has 0 heterocycles. The molecule has 0 bridgehead atoms. The van der Waals surface area contributed by atoms with E-state index in [2.05, 4.69) is 0 Å². The van der Waals surface area contributed by atoms with Gasteiger partial charge in [0.2, 0.25) is 0 Å². The molecular formula is C14H18O4.